The zero-order valence-corrected chi connectivity index (χ0v) is 11.5. The minimum absolute atomic E-state index is 0. The summed E-state index contributed by atoms with van der Waals surface area (Å²) in [5.74, 6) is -0.244. The van der Waals surface area contributed by atoms with Crippen LogP contribution in [0, 0.1) is 0 Å². The standard InChI is InChI=1S/C6H11BF3N2O.K/c1-11-2-3-12(4-6(11)13)5-7(8,9)10;/h2-5H2,1H3;/q-1;+1. The molecule has 1 rings (SSSR count). The first-order chi connectivity index (χ1) is 5.88. The van der Waals surface area contributed by atoms with E-state index in [0.717, 1.165) is 4.90 Å². The number of rotatable bonds is 2. The number of carbonyl (C=O) groups excluding carboxylic acids is 1. The Kier molecular flexibility index (Phi) is 6.24. The largest absolute Gasteiger partial charge is 1.00 e. The molecule has 8 heteroatoms. The van der Waals surface area contributed by atoms with Crippen molar-refractivity contribution in [1.82, 2.24) is 9.80 Å². The number of piperazine rings is 1. The van der Waals surface area contributed by atoms with Crippen LogP contribution in [0.2, 0.25) is 0 Å². The molecule has 1 aliphatic heterocycles. The second kappa shape index (κ2) is 5.86. The molecule has 3 nitrogen and oxygen atoms in total. The van der Waals surface area contributed by atoms with Gasteiger partial charge in [0, 0.05) is 20.1 Å². The molecule has 0 radical (unpaired) electrons. The Labute approximate surface area is 123 Å². The van der Waals surface area contributed by atoms with E-state index in [1.165, 1.54) is 4.90 Å². The third-order valence-electron chi connectivity index (χ3n) is 2.00. The molecule has 0 aromatic heterocycles. The van der Waals surface area contributed by atoms with E-state index in [9.17, 15) is 17.7 Å². The number of carbonyl (C=O) groups is 1. The van der Waals surface area contributed by atoms with Crippen LogP contribution in [-0.2, 0) is 4.79 Å². The molecule has 1 fully saturated rings. The Morgan fingerprint density at radius 3 is 2.36 bits per heavy atom. The summed E-state index contributed by atoms with van der Waals surface area (Å²) in [7, 11) is 1.60. The number of halogens is 3. The van der Waals surface area contributed by atoms with E-state index in [2.05, 4.69) is 0 Å². The molecule has 0 unspecified atom stereocenters. The average Bonchev–Trinajstić information content (AvgIpc) is 1.94. The van der Waals surface area contributed by atoms with E-state index in [0.29, 0.717) is 13.1 Å². The van der Waals surface area contributed by atoms with E-state index >= 15 is 0 Å². The summed E-state index contributed by atoms with van der Waals surface area (Å²) in [6.45, 7) is -4.23. The smallest absolute Gasteiger partial charge is 0.448 e. The molecule has 14 heavy (non-hydrogen) atoms. The molecule has 1 aliphatic rings. The van der Waals surface area contributed by atoms with Crippen molar-refractivity contribution in [1.29, 1.82) is 0 Å². The van der Waals surface area contributed by atoms with Gasteiger partial charge in [-0.2, -0.15) is 0 Å². The molecule has 0 spiro atoms. The fraction of sp³-hybridized carbons (Fsp3) is 0.833. The van der Waals surface area contributed by atoms with Crippen LogP contribution < -0.4 is 51.4 Å². The van der Waals surface area contributed by atoms with Crippen molar-refractivity contribution in [3.05, 3.63) is 0 Å². The van der Waals surface area contributed by atoms with Gasteiger partial charge in [-0.3, -0.25) is 4.79 Å². The van der Waals surface area contributed by atoms with Crippen molar-refractivity contribution < 1.29 is 69.1 Å². The van der Waals surface area contributed by atoms with Gasteiger partial charge in [-0.1, -0.05) is 0 Å². The maximum atomic E-state index is 12.0. The minimum atomic E-state index is -4.81. The van der Waals surface area contributed by atoms with Gasteiger partial charge in [0.25, 0.3) is 0 Å². The van der Waals surface area contributed by atoms with Crippen LogP contribution in [0.5, 0.6) is 0 Å². The molecule has 0 atom stereocenters. The fourth-order valence-corrected chi connectivity index (χ4v) is 1.26. The number of amides is 1. The van der Waals surface area contributed by atoms with Crippen molar-refractivity contribution in [2.75, 3.05) is 33.1 Å². The molecule has 0 aliphatic carbocycles. The predicted octanol–water partition coefficient (Wildman–Crippen LogP) is -2.85. The van der Waals surface area contributed by atoms with Crippen LogP contribution in [-0.4, -0.2) is 55.8 Å². The minimum Gasteiger partial charge on any atom is -0.448 e. The molecule has 1 amide bonds. The van der Waals surface area contributed by atoms with E-state index in [1.54, 1.807) is 7.05 Å². The predicted molar refractivity (Wildman–Crippen MR) is 43.2 cm³/mol. The Bertz CT molecular complexity index is 214. The van der Waals surface area contributed by atoms with Gasteiger partial charge in [0.15, 0.2) is 0 Å². The molecule has 1 saturated heterocycles. The van der Waals surface area contributed by atoms with Gasteiger partial charge in [-0.25, -0.2) is 0 Å². The molecule has 0 aromatic rings. The number of hydrogen-bond acceptors (Lipinski definition) is 2. The number of hydrogen-bond donors (Lipinski definition) is 0. The van der Waals surface area contributed by atoms with E-state index in [-0.39, 0.29) is 63.8 Å². The fourth-order valence-electron chi connectivity index (χ4n) is 1.26. The average molecular weight is 234 g/mol. The summed E-state index contributed by atoms with van der Waals surface area (Å²) >= 11 is 0. The molecule has 0 N–H and O–H groups in total. The third-order valence-corrected chi connectivity index (χ3v) is 2.00. The zero-order valence-electron chi connectivity index (χ0n) is 8.34. The first-order valence-electron chi connectivity index (χ1n) is 4.06. The van der Waals surface area contributed by atoms with Crippen molar-refractivity contribution in [3.8, 4) is 0 Å². The van der Waals surface area contributed by atoms with Gasteiger partial charge in [-0.05, 0) is 6.44 Å². The topological polar surface area (TPSA) is 23.6 Å². The third kappa shape index (κ3) is 5.13. The van der Waals surface area contributed by atoms with Crippen LogP contribution in [0.1, 0.15) is 0 Å². The van der Waals surface area contributed by atoms with Gasteiger partial charge in [0.2, 0.25) is 5.91 Å². The summed E-state index contributed by atoms with van der Waals surface area (Å²) in [5, 5.41) is 0. The van der Waals surface area contributed by atoms with Gasteiger partial charge >= 0.3 is 58.4 Å². The second-order valence-electron chi connectivity index (χ2n) is 3.26. The van der Waals surface area contributed by atoms with Crippen LogP contribution in [0.4, 0.5) is 12.9 Å². The molecule has 76 valence electrons. The zero-order chi connectivity index (χ0) is 10.1. The molecule has 0 saturated carbocycles. The maximum Gasteiger partial charge on any atom is 1.00 e. The molecule has 1 heterocycles. The van der Waals surface area contributed by atoms with Crippen molar-refractivity contribution in [3.63, 3.8) is 0 Å². The Balaban J connectivity index is 0.00000169. The van der Waals surface area contributed by atoms with Crippen LogP contribution in [0.25, 0.3) is 0 Å². The van der Waals surface area contributed by atoms with E-state index < -0.39 is 13.4 Å². The molecule has 0 bridgehead atoms. The summed E-state index contributed by atoms with van der Waals surface area (Å²) in [5.41, 5.74) is 0. The molecular formula is C6H11BF3KN2O. The van der Waals surface area contributed by atoms with Crippen molar-refractivity contribution in [2.45, 2.75) is 0 Å². The normalized spacial score (nSPS) is 19.4. The summed E-state index contributed by atoms with van der Waals surface area (Å²) < 4.78 is 35.9. The van der Waals surface area contributed by atoms with Crippen LogP contribution >= 0.6 is 0 Å². The Morgan fingerprint density at radius 1 is 1.36 bits per heavy atom. The van der Waals surface area contributed by atoms with Gasteiger partial charge < -0.3 is 22.7 Å². The maximum absolute atomic E-state index is 12.0. The number of likely N-dealkylation sites (N-methyl/N-ethyl adjacent to an activating group) is 1. The van der Waals surface area contributed by atoms with E-state index in [1.807, 2.05) is 0 Å². The quantitative estimate of drug-likeness (QED) is 0.480. The summed E-state index contributed by atoms with van der Waals surface area (Å²) in [6.07, 6.45) is -0.931. The van der Waals surface area contributed by atoms with Crippen molar-refractivity contribution in [2.24, 2.45) is 0 Å². The van der Waals surface area contributed by atoms with E-state index in [4.69, 9.17) is 0 Å². The summed E-state index contributed by atoms with van der Waals surface area (Å²) in [6, 6.07) is 0. The van der Waals surface area contributed by atoms with Gasteiger partial charge in [0.1, 0.15) is 0 Å². The Hall–Kier alpha value is 0.921. The first kappa shape index (κ1) is 14.9. The first-order valence-corrected chi connectivity index (χ1v) is 4.06. The second-order valence-corrected chi connectivity index (χ2v) is 3.26. The molecular weight excluding hydrogens is 223 g/mol. The van der Waals surface area contributed by atoms with Gasteiger partial charge in [0.05, 0.1) is 6.54 Å². The monoisotopic (exact) mass is 234 g/mol. The van der Waals surface area contributed by atoms with Crippen LogP contribution in [0.15, 0.2) is 0 Å². The summed E-state index contributed by atoms with van der Waals surface area (Å²) in [4.78, 5) is 13.6. The number of nitrogens with zero attached hydrogens (tertiary/aromatic N) is 2. The molecule has 0 aromatic carbocycles. The SMILES string of the molecule is CN1CCN(C[B-](F)(F)F)CC1=O.[K+]. The van der Waals surface area contributed by atoms with Crippen LogP contribution in [0.3, 0.4) is 0 Å². The van der Waals surface area contributed by atoms with Crippen molar-refractivity contribution >= 4 is 12.9 Å². The Morgan fingerprint density at radius 2 is 1.93 bits per heavy atom. The van der Waals surface area contributed by atoms with Gasteiger partial charge in [-0.15, -0.1) is 0 Å².